The molecule has 1 aromatic rings. The van der Waals surface area contributed by atoms with Crippen LogP contribution in [0.3, 0.4) is 0 Å². The molecule has 23 heavy (non-hydrogen) atoms. The maximum absolute atomic E-state index is 12.6. The van der Waals surface area contributed by atoms with E-state index in [1.165, 1.54) is 0 Å². The second-order valence-corrected chi connectivity index (χ2v) is 6.20. The first-order valence-corrected chi connectivity index (χ1v) is 8.20. The highest BCUT2D eigenvalue weighted by molar-refractivity contribution is 5.94. The Morgan fingerprint density at radius 2 is 1.87 bits per heavy atom. The minimum Gasteiger partial charge on any atom is -0.396 e. The van der Waals surface area contributed by atoms with Crippen LogP contribution in [0.1, 0.15) is 16.8 Å². The SMILES string of the molecule is O=C(c1ccc(N2CCOCC2)cc1)N1CC[C@H](O)[C@H](CO)C1. The first kappa shape index (κ1) is 16.2. The van der Waals surface area contributed by atoms with Crippen LogP contribution in [0.2, 0.25) is 0 Å². The molecule has 2 aliphatic rings. The normalized spacial score (nSPS) is 25.5. The fourth-order valence-corrected chi connectivity index (χ4v) is 3.20. The molecule has 2 atom stereocenters. The Labute approximate surface area is 136 Å². The van der Waals surface area contributed by atoms with Gasteiger partial charge in [-0.05, 0) is 30.7 Å². The number of likely N-dealkylation sites (tertiary alicyclic amines) is 1. The quantitative estimate of drug-likeness (QED) is 0.840. The Kier molecular flexibility index (Phi) is 5.15. The zero-order chi connectivity index (χ0) is 16.2. The topological polar surface area (TPSA) is 73.2 Å². The number of anilines is 1. The van der Waals surface area contributed by atoms with Gasteiger partial charge in [0.1, 0.15) is 0 Å². The molecule has 1 aromatic carbocycles. The van der Waals surface area contributed by atoms with Crippen molar-refractivity contribution in [3.8, 4) is 0 Å². The molecule has 2 aliphatic heterocycles. The highest BCUT2D eigenvalue weighted by Gasteiger charge is 2.30. The molecule has 2 saturated heterocycles. The van der Waals surface area contributed by atoms with E-state index in [1.54, 1.807) is 4.90 Å². The lowest BCUT2D eigenvalue weighted by atomic mass is 9.95. The number of carbonyl (C=O) groups excluding carboxylic acids is 1. The summed E-state index contributed by atoms with van der Waals surface area (Å²) in [6.45, 7) is 4.05. The lowest BCUT2D eigenvalue weighted by Crippen LogP contribution is -2.47. The first-order chi connectivity index (χ1) is 11.2. The number of hydrogen-bond acceptors (Lipinski definition) is 5. The molecule has 0 unspecified atom stereocenters. The van der Waals surface area contributed by atoms with Crippen molar-refractivity contribution in [1.29, 1.82) is 0 Å². The van der Waals surface area contributed by atoms with Gasteiger partial charge in [-0.1, -0.05) is 0 Å². The molecule has 0 bridgehead atoms. The highest BCUT2D eigenvalue weighted by Crippen LogP contribution is 2.21. The number of piperidine rings is 1. The van der Waals surface area contributed by atoms with Crippen LogP contribution in [0.25, 0.3) is 0 Å². The number of benzene rings is 1. The van der Waals surface area contributed by atoms with Crippen molar-refractivity contribution in [1.82, 2.24) is 4.90 Å². The van der Waals surface area contributed by atoms with Crippen LogP contribution in [0.4, 0.5) is 5.69 Å². The molecule has 3 rings (SSSR count). The third-order valence-electron chi connectivity index (χ3n) is 4.71. The summed E-state index contributed by atoms with van der Waals surface area (Å²) < 4.78 is 5.35. The minimum absolute atomic E-state index is 0.0381. The van der Waals surface area contributed by atoms with Gasteiger partial charge in [0.15, 0.2) is 0 Å². The summed E-state index contributed by atoms with van der Waals surface area (Å²) in [5, 5.41) is 19.1. The second kappa shape index (κ2) is 7.29. The van der Waals surface area contributed by atoms with Crippen molar-refractivity contribution in [2.24, 2.45) is 5.92 Å². The van der Waals surface area contributed by atoms with E-state index in [1.807, 2.05) is 24.3 Å². The van der Waals surface area contributed by atoms with Gasteiger partial charge in [-0.2, -0.15) is 0 Å². The molecule has 0 spiro atoms. The molecule has 2 heterocycles. The number of morpholine rings is 1. The smallest absolute Gasteiger partial charge is 0.253 e. The Balaban J connectivity index is 1.65. The number of rotatable bonds is 3. The van der Waals surface area contributed by atoms with Crippen LogP contribution in [0.15, 0.2) is 24.3 Å². The maximum Gasteiger partial charge on any atom is 0.253 e. The molecule has 126 valence electrons. The predicted molar refractivity (Wildman–Crippen MR) is 86.6 cm³/mol. The highest BCUT2D eigenvalue weighted by atomic mass is 16.5. The third-order valence-corrected chi connectivity index (χ3v) is 4.71. The number of ether oxygens (including phenoxy) is 1. The first-order valence-electron chi connectivity index (χ1n) is 8.20. The van der Waals surface area contributed by atoms with Gasteiger partial charge >= 0.3 is 0 Å². The standard InChI is InChI=1S/C17H24N2O4/c20-12-14-11-19(6-5-16(14)21)17(22)13-1-3-15(4-2-13)18-7-9-23-10-8-18/h1-4,14,16,20-21H,5-12H2/t14-,16-/m0/s1. The molecule has 2 N–H and O–H groups in total. The van der Waals surface area contributed by atoms with Crippen molar-refractivity contribution < 1.29 is 19.7 Å². The van der Waals surface area contributed by atoms with Crippen molar-refractivity contribution in [3.63, 3.8) is 0 Å². The number of aliphatic hydroxyl groups excluding tert-OH is 2. The van der Waals surface area contributed by atoms with E-state index in [2.05, 4.69) is 4.90 Å². The Morgan fingerprint density at radius 1 is 1.17 bits per heavy atom. The third kappa shape index (κ3) is 3.65. The van der Waals surface area contributed by atoms with Crippen LogP contribution in [-0.4, -0.2) is 73.1 Å². The van der Waals surface area contributed by atoms with E-state index >= 15 is 0 Å². The van der Waals surface area contributed by atoms with Gasteiger partial charge in [-0.3, -0.25) is 4.79 Å². The van der Waals surface area contributed by atoms with Gasteiger partial charge in [0.25, 0.3) is 5.91 Å². The summed E-state index contributed by atoms with van der Waals surface area (Å²) in [5.41, 5.74) is 1.75. The summed E-state index contributed by atoms with van der Waals surface area (Å²) in [6.07, 6.45) is -0.00391. The van der Waals surface area contributed by atoms with E-state index < -0.39 is 6.10 Å². The number of carbonyl (C=O) groups is 1. The van der Waals surface area contributed by atoms with Gasteiger partial charge in [0.05, 0.1) is 25.9 Å². The van der Waals surface area contributed by atoms with E-state index in [4.69, 9.17) is 4.74 Å². The Bertz CT molecular complexity index is 528. The average molecular weight is 320 g/mol. The summed E-state index contributed by atoms with van der Waals surface area (Å²) in [4.78, 5) is 16.6. The summed E-state index contributed by atoms with van der Waals surface area (Å²) in [6, 6.07) is 7.65. The minimum atomic E-state index is -0.521. The van der Waals surface area contributed by atoms with Crippen LogP contribution < -0.4 is 4.90 Å². The van der Waals surface area contributed by atoms with Gasteiger partial charge in [-0.15, -0.1) is 0 Å². The summed E-state index contributed by atoms with van der Waals surface area (Å²) in [7, 11) is 0. The molecule has 0 aliphatic carbocycles. The van der Waals surface area contributed by atoms with Crippen molar-refractivity contribution >= 4 is 11.6 Å². The van der Waals surface area contributed by atoms with E-state index in [0.29, 0.717) is 25.1 Å². The van der Waals surface area contributed by atoms with E-state index in [9.17, 15) is 15.0 Å². The lowest BCUT2D eigenvalue weighted by molar-refractivity contribution is 0.00344. The Morgan fingerprint density at radius 3 is 2.52 bits per heavy atom. The number of hydrogen-bond donors (Lipinski definition) is 2. The zero-order valence-electron chi connectivity index (χ0n) is 13.2. The number of aliphatic hydroxyl groups is 2. The van der Waals surface area contributed by atoms with Crippen LogP contribution in [0.5, 0.6) is 0 Å². The second-order valence-electron chi connectivity index (χ2n) is 6.20. The monoisotopic (exact) mass is 320 g/mol. The molecule has 6 nitrogen and oxygen atoms in total. The largest absolute Gasteiger partial charge is 0.396 e. The van der Waals surface area contributed by atoms with Gasteiger partial charge < -0.3 is 24.7 Å². The molecule has 0 radical (unpaired) electrons. The fourth-order valence-electron chi connectivity index (χ4n) is 3.20. The van der Waals surface area contributed by atoms with Gasteiger partial charge in [0, 0.05) is 43.3 Å². The summed E-state index contributed by atoms with van der Waals surface area (Å²) >= 11 is 0. The van der Waals surface area contributed by atoms with Gasteiger partial charge in [-0.25, -0.2) is 0 Å². The molecular formula is C17H24N2O4. The van der Waals surface area contributed by atoms with Gasteiger partial charge in [0.2, 0.25) is 0 Å². The van der Waals surface area contributed by atoms with Crippen molar-refractivity contribution in [2.75, 3.05) is 50.9 Å². The predicted octanol–water partition coefficient (Wildman–Crippen LogP) is 0.338. The molecule has 0 aromatic heterocycles. The Hall–Kier alpha value is -1.63. The molecule has 0 saturated carbocycles. The molecule has 2 fully saturated rings. The number of amides is 1. The molecular weight excluding hydrogens is 296 g/mol. The fraction of sp³-hybridized carbons (Fsp3) is 0.588. The van der Waals surface area contributed by atoms with E-state index in [0.717, 1.165) is 32.0 Å². The molecule has 1 amide bonds. The maximum atomic E-state index is 12.6. The molecule has 6 heteroatoms. The number of nitrogens with zero attached hydrogens (tertiary/aromatic N) is 2. The van der Waals surface area contributed by atoms with Crippen molar-refractivity contribution in [3.05, 3.63) is 29.8 Å². The zero-order valence-corrected chi connectivity index (χ0v) is 13.2. The van der Waals surface area contributed by atoms with Crippen LogP contribution in [-0.2, 0) is 4.74 Å². The van der Waals surface area contributed by atoms with E-state index in [-0.39, 0.29) is 18.4 Å². The average Bonchev–Trinajstić information content (AvgIpc) is 2.62. The van der Waals surface area contributed by atoms with Crippen LogP contribution >= 0.6 is 0 Å². The lowest BCUT2D eigenvalue weighted by Gasteiger charge is -2.35. The van der Waals surface area contributed by atoms with Crippen LogP contribution in [0, 0.1) is 5.92 Å². The van der Waals surface area contributed by atoms with Crippen molar-refractivity contribution in [2.45, 2.75) is 12.5 Å². The summed E-state index contributed by atoms with van der Waals surface area (Å²) in [5.74, 6) is -0.288.